The SMILES string of the molecule is Cc1nc(N(C)c2cccc(CN)c2)cc2n[nH]c(=O)n12. The smallest absolute Gasteiger partial charge is 0.329 e. The minimum absolute atomic E-state index is 0.283. The van der Waals surface area contributed by atoms with E-state index in [4.69, 9.17) is 5.73 Å². The van der Waals surface area contributed by atoms with Gasteiger partial charge in [-0.15, -0.1) is 0 Å². The summed E-state index contributed by atoms with van der Waals surface area (Å²) >= 11 is 0. The Morgan fingerprint density at radius 2 is 2.19 bits per heavy atom. The Labute approximate surface area is 121 Å². The van der Waals surface area contributed by atoms with Crippen LogP contribution in [0, 0.1) is 6.92 Å². The van der Waals surface area contributed by atoms with Gasteiger partial charge in [0.05, 0.1) is 0 Å². The van der Waals surface area contributed by atoms with Gasteiger partial charge in [0.15, 0.2) is 5.65 Å². The van der Waals surface area contributed by atoms with Crippen molar-refractivity contribution in [2.45, 2.75) is 13.5 Å². The minimum Gasteiger partial charge on any atom is -0.329 e. The topological polar surface area (TPSA) is 92.3 Å². The van der Waals surface area contributed by atoms with Gasteiger partial charge in [-0.05, 0) is 24.6 Å². The van der Waals surface area contributed by atoms with E-state index in [9.17, 15) is 4.79 Å². The molecule has 0 amide bonds. The highest BCUT2D eigenvalue weighted by Crippen LogP contribution is 2.23. The van der Waals surface area contributed by atoms with Crippen molar-refractivity contribution in [3.05, 3.63) is 52.2 Å². The number of nitrogens with zero attached hydrogens (tertiary/aromatic N) is 4. The molecule has 0 aliphatic rings. The minimum atomic E-state index is -0.283. The Hall–Kier alpha value is -2.67. The van der Waals surface area contributed by atoms with Crippen molar-refractivity contribution in [1.29, 1.82) is 0 Å². The van der Waals surface area contributed by atoms with Crippen LogP contribution in [0.4, 0.5) is 11.5 Å². The van der Waals surface area contributed by atoms with E-state index in [0.717, 1.165) is 11.3 Å². The molecule has 3 aromatic rings. The van der Waals surface area contributed by atoms with E-state index >= 15 is 0 Å². The maximum absolute atomic E-state index is 11.6. The zero-order valence-corrected chi connectivity index (χ0v) is 11.9. The molecule has 0 aliphatic carbocycles. The van der Waals surface area contributed by atoms with Gasteiger partial charge in [-0.2, -0.15) is 5.10 Å². The van der Waals surface area contributed by atoms with Crippen LogP contribution in [0.2, 0.25) is 0 Å². The standard InChI is InChI=1S/C14H16N6O/c1-9-16-12(7-13-17-18-14(21)20(9)13)19(2)11-5-3-4-10(6-11)8-15/h3-7H,8,15H2,1-2H3,(H,18,21). The molecule has 7 nitrogen and oxygen atoms in total. The van der Waals surface area contributed by atoms with E-state index < -0.39 is 0 Å². The lowest BCUT2D eigenvalue weighted by atomic mass is 10.2. The van der Waals surface area contributed by atoms with E-state index in [1.165, 1.54) is 4.40 Å². The molecule has 0 spiro atoms. The maximum Gasteiger partial charge on any atom is 0.349 e. The number of nitrogens with two attached hydrogens (primary N) is 1. The summed E-state index contributed by atoms with van der Waals surface area (Å²) in [5, 5.41) is 6.41. The summed E-state index contributed by atoms with van der Waals surface area (Å²) in [6.45, 7) is 2.26. The first-order valence-corrected chi connectivity index (χ1v) is 6.57. The maximum atomic E-state index is 11.6. The van der Waals surface area contributed by atoms with Crippen molar-refractivity contribution < 1.29 is 0 Å². The average molecular weight is 284 g/mol. The first-order chi connectivity index (χ1) is 10.1. The molecule has 0 aliphatic heterocycles. The third-order valence-electron chi connectivity index (χ3n) is 3.43. The lowest BCUT2D eigenvalue weighted by molar-refractivity contribution is 0.925. The molecular weight excluding hydrogens is 268 g/mol. The van der Waals surface area contributed by atoms with Crippen LogP contribution in [0.25, 0.3) is 5.65 Å². The second kappa shape index (κ2) is 5.02. The van der Waals surface area contributed by atoms with E-state index in [-0.39, 0.29) is 5.69 Å². The van der Waals surface area contributed by atoms with Crippen LogP contribution < -0.4 is 16.3 Å². The highest BCUT2D eigenvalue weighted by atomic mass is 16.1. The van der Waals surface area contributed by atoms with Gasteiger partial charge in [0.1, 0.15) is 11.6 Å². The van der Waals surface area contributed by atoms with Crippen LogP contribution in [-0.4, -0.2) is 26.6 Å². The fraction of sp³-hybridized carbons (Fsp3) is 0.214. The molecule has 0 atom stereocenters. The molecule has 0 bridgehead atoms. The molecule has 21 heavy (non-hydrogen) atoms. The Kier molecular flexibility index (Phi) is 3.19. The predicted octanol–water partition coefficient (Wildman–Crippen LogP) is 0.953. The number of aromatic amines is 1. The van der Waals surface area contributed by atoms with Gasteiger partial charge in [0.2, 0.25) is 0 Å². The fourth-order valence-electron chi connectivity index (χ4n) is 2.28. The van der Waals surface area contributed by atoms with Crippen LogP contribution in [0.5, 0.6) is 0 Å². The van der Waals surface area contributed by atoms with Crippen molar-refractivity contribution in [3.8, 4) is 0 Å². The number of H-pyrrole nitrogens is 1. The van der Waals surface area contributed by atoms with Gasteiger partial charge in [-0.25, -0.2) is 19.3 Å². The molecule has 0 fully saturated rings. The number of aromatic nitrogens is 4. The number of benzene rings is 1. The number of nitrogens with one attached hydrogen (secondary N) is 1. The number of aryl methyl sites for hydroxylation is 1. The van der Waals surface area contributed by atoms with Crippen LogP contribution in [0.1, 0.15) is 11.4 Å². The first kappa shape index (κ1) is 13.3. The van der Waals surface area contributed by atoms with E-state index in [0.29, 0.717) is 23.8 Å². The lowest BCUT2D eigenvalue weighted by Crippen LogP contribution is -2.17. The van der Waals surface area contributed by atoms with Crippen LogP contribution >= 0.6 is 0 Å². The Bertz CT molecular complexity index is 850. The molecule has 0 radical (unpaired) electrons. The van der Waals surface area contributed by atoms with Crippen molar-refractivity contribution in [1.82, 2.24) is 19.6 Å². The summed E-state index contributed by atoms with van der Waals surface area (Å²) in [4.78, 5) is 18.0. The zero-order valence-electron chi connectivity index (χ0n) is 11.9. The van der Waals surface area contributed by atoms with Gasteiger partial charge in [-0.3, -0.25) is 0 Å². The van der Waals surface area contributed by atoms with Gasteiger partial charge >= 0.3 is 5.69 Å². The first-order valence-electron chi connectivity index (χ1n) is 6.57. The average Bonchev–Trinajstić information content (AvgIpc) is 2.88. The molecule has 7 heteroatoms. The monoisotopic (exact) mass is 284 g/mol. The molecule has 108 valence electrons. The molecule has 0 saturated carbocycles. The largest absolute Gasteiger partial charge is 0.349 e. The van der Waals surface area contributed by atoms with Crippen LogP contribution in [-0.2, 0) is 6.54 Å². The lowest BCUT2D eigenvalue weighted by Gasteiger charge is -2.19. The third kappa shape index (κ3) is 2.27. The number of rotatable bonds is 3. The number of fused-ring (bicyclic) bond motifs is 1. The van der Waals surface area contributed by atoms with Crippen LogP contribution in [0.3, 0.4) is 0 Å². The van der Waals surface area contributed by atoms with Gasteiger partial charge < -0.3 is 10.6 Å². The quantitative estimate of drug-likeness (QED) is 0.747. The highest BCUT2D eigenvalue weighted by molar-refractivity contribution is 5.63. The molecule has 2 heterocycles. The summed E-state index contributed by atoms with van der Waals surface area (Å²) in [5.41, 5.74) is 7.96. The third-order valence-corrected chi connectivity index (χ3v) is 3.43. The zero-order chi connectivity index (χ0) is 15.0. The summed E-state index contributed by atoms with van der Waals surface area (Å²) in [6.07, 6.45) is 0. The molecule has 1 aromatic carbocycles. The normalized spacial score (nSPS) is 11.0. The molecule has 0 saturated heterocycles. The molecule has 2 aromatic heterocycles. The number of hydrogen-bond acceptors (Lipinski definition) is 5. The predicted molar refractivity (Wildman–Crippen MR) is 80.7 cm³/mol. The molecule has 3 N–H and O–H groups in total. The second-order valence-electron chi connectivity index (χ2n) is 4.82. The summed E-state index contributed by atoms with van der Waals surface area (Å²) in [5.74, 6) is 1.30. The van der Waals surface area contributed by atoms with Crippen molar-refractivity contribution in [2.75, 3.05) is 11.9 Å². The van der Waals surface area contributed by atoms with Gasteiger partial charge in [0.25, 0.3) is 0 Å². The Balaban J connectivity index is 2.08. The van der Waals surface area contributed by atoms with Crippen molar-refractivity contribution in [3.63, 3.8) is 0 Å². The second-order valence-corrected chi connectivity index (χ2v) is 4.82. The van der Waals surface area contributed by atoms with E-state index in [1.54, 1.807) is 13.0 Å². The van der Waals surface area contributed by atoms with Gasteiger partial charge in [0, 0.05) is 25.3 Å². The van der Waals surface area contributed by atoms with E-state index in [1.807, 2.05) is 36.2 Å². The van der Waals surface area contributed by atoms with Crippen molar-refractivity contribution in [2.24, 2.45) is 5.73 Å². The van der Waals surface area contributed by atoms with Gasteiger partial charge in [-0.1, -0.05) is 12.1 Å². The van der Waals surface area contributed by atoms with Crippen molar-refractivity contribution >= 4 is 17.2 Å². The summed E-state index contributed by atoms with van der Waals surface area (Å²) < 4.78 is 1.44. The fourth-order valence-corrected chi connectivity index (χ4v) is 2.28. The van der Waals surface area contributed by atoms with E-state index in [2.05, 4.69) is 15.2 Å². The summed E-state index contributed by atoms with van der Waals surface area (Å²) in [6, 6.07) is 9.69. The Morgan fingerprint density at radius 3 is 2.95 bits per heavy atom. The molecule has 3 rings (SSSR count). The summed E-state index contributed by atoms with van der Waals surface area (Å²) in [7, 11) is 1.92. The Morgan fingerprint density at radius 1 is 1.38 bits per heavy atom. The van der Waals surface area contributed by atoms with Crippen LogP contribution in [0.15, 0.2) is 35.1 Å². The highest BCUT2D eigenvalue weighted by Gasteiger charge is 2.11. The number of hydrogen-bond donors (Lipinski definition) is 2. The molecular formula is C14H16N6O. The molecule has 0 unspecified atom stereocenters. The number of anilines is 2.